The van der Waals surface area contributed by atoms with Crippen molar-refractivity contribution in [2.75, 3.05) is 20.3 Å². The fraction of sp³-hybridized carbons (Fsp3) is 0.455. The molecule has 3 aromatic rings. The molecule has 9 nitrogen and oxygen atoms in total. The molecule has 9 heteroatoms. The molecule has 1 saturated carbocycles. The Bertz CT molecular complexity index is 952. The first-order valence-electron chi connectivity index (χ1n) is 10.5. The molecule has 3 aromatic heterocycles. The van der Waals surface area contributed by atoms with Crippen LogP contribution in [0.25, 0.3) is 16.9 Å². The largest absolute Gasteiger partial charge is 0.394 e. The lowest BCUT2D eigenvalue weighted by Gasteiger charge is -2.22. The number of pyridine rings is 1. The summed E-state index contributed by atoms with van der Waals surface area (Å²) in [6.45, 7) is 0.566. The topological polar surface area (TPSA) is 107 Å². The van der Waals surface area contributed by atoms with Crippen LogP contribution >= 0.6 is 0 Å². The third-order valence-corrected chi connectivity index (χ3v) is 5.08. The van der Waals surface area contributed by atoms with Gasteiger partial charge < -0.3 is 19.7 Å². The monoisotopic (exact) mass is 428 g/mol. The lowest BCUT2D eigenvalue weighted by atomic mass is 9.95. The molecule has 168 valence electrons. The van der Waals surface area contributed by atoms with Gasteiger partial charge in [0.05, 0.1) is 37.1 Å². The predicted molar refractivity (Wildman–Crippen MR) is 119 cm³/mol. The summed E-state index contributed by atoms with van der Waals surface area (Å²) >= 11 is 0. The zero-order valence-corrected chi connectivity index (χ0v) is 18.1. The van der Waals surface area contributed by atoms with Gasteiger partial charge in [-0.25, -0.2) is 9.97 Å². The Morgan fingerprint density at radius 2 is 2.13 bits per heavy atom. The van der Waals surface area contributed by atoms with E-state index in [1.807, 2.05) is 30.1 Å². The number of aliphatic hydroxyl groups excluding tert-OH is 1. The Labute approximate surface area is 183 Å². The molecule has 4 rings (SSSR count). The van der Waals surface area contributed by atoms with Gasteiger partial charge in [0.1, 0.15) is 5.69 Å². The molecular weight excluding hydrogens is 396 g/mol. The molecule has 0 bridgehead atoms. The Kier molecular flexibility index (Phi) is 8.31. The zero-order chi connectivity index (χ0) is 22.1. The number of aryl methyl sites for hydroxylation is 1. The molecule has 31 heavy (non-hydrogen) atoms. The number of methoxy groups -OCH3 is 1. The number of imidazole rings is 1. The lowest BCUT2D eigenvalue weighted by molar-refractivity contribution is 0.0922. The second-order valence-corrected chi connectivity index (χ2v) is 7.49. The minimum absolute atomic E-state index is 0. The number of nitrogens with one attached hydrogen (secondary N) is 1. The number of aromatic nitrogens is 5. The summed E-state index contributed by atoms with van der Waals surface area (Å²) in [5, 5.41) is 15.3. The molecule has 1 fully saturated rings. The maximum absolute atomic E-state index is 12.8. The highest BCUT2D eigenvalue weighted by Gasteiger charge is 2.19. The van der Waals surface area contributed by atoms with Crippen LogP contribution < -0.4 is 5.32 Å². The molecule has 1 amide bonds. The number of nitrogens with zero attached hydrogens (tertiary/aromatic N) is 5. The second-order valence-electron chi connectivity index (χ2n) is 7.49. The van der Waals surface area contributed by atoms with E-state index in [1.165, 1.54) is 19.3 Å². The fourth-order valence-corrected chi connectivity index (χ4v) is 3.49. The second kappa shape index (κ2) is 11.4. The fourth-order valence-electron chi connectivity index (χ4n) is 3.49. The van der Waals surface area contributed by atoms with E-state index in [1.54, 1.807) is 36.6 Å². The average molecular weight is 429 g/mol. The summed E-state index contributed by atoms with van der Waals surface area (Å²) in [6.07, 6.45) is 14.6. The van der Waals surface area contributed by atoms with E-state index in [9.17, 15) is 4.79 Å². The first-order chi connectivity index (χ1) is 15.1. The highest BCUT2D eigenvalue weighted by atomic mass is 16.5. The van der Waals surface area contributed by atoms with Gasteiger partial charge in [-0.3, -0.25) is 9.48 Å². The van der Waals surface area contributed by atoms with Crippen LogP contribution in [0.5, 0.6) is 0 Å². The number of amides is 1. The van der Waals surface area contributed by atoms with Crippen molar-refractivity contribution in [3.63, 3.8) is 0 Å². The van der Waals surface area contributed by atoms with Crippen LogP contribution in [-0.2, 0) is 11.8 Å². The maximum atomic E-state index is 12.8. The molecule has 0 saturated heterocycles. The van der Waals surface area contributed by atoms with Crippen molar-refractivity contribution in [3.8, 4) is 16.9 Å². The summed E-state index contributed by atoms with van der Waals surface area (Å²) in [5.41, 5.74) is 2.87. The van der Waals surface area contributed by atoms with Gasteiger partial charge in [0, 0.05) is 45.8 Å². The molecule has 2 N–H and O–H groups in total. The molecule has 0 radical (unpaired) electrons. The van der Waals surface area contributed by atoms with Crippen molar-refractivity contribution in [3.05, 3.63) is 48.9 Å². The molecule has 0 aliphatic heterocycles. The van der Waals surface area contributed by atoms with Crippen LogP contribution in [0.2, 0.25) is 0 Å². The third kappa shape index (κ3) is 6.47. The highest BCUT2D eigenvalue weighted by molar-refractivity contribution is 5.93. The normalized spacial score (nSPS) is 14.0. The first kappa shape index (κ1) is 22.6. The molecule has 0 unspecified atom stereocenters. The van der Waals surface area contributed by atoms with E-state index in [2.05, 4.69) is 25.1 Å². The van der Waals surface area contributed by atoms with Crippen LogP contribution in [0.1, 0.15) is 44.0 Å². The Morgan fingerprint density at radius 3 is 2.71 bits per heavy atom. The van der Waals surface area contributed by atoms with Gasteiger partial charge >= 0.3 is 0 Å². The van der Waals surface area contributed by atoms with Crippen LogP contribution in [0.4, 0.5) is 0 Å². The maximum Gasteiger partial charge on any atom is 0.270 e. The van der Waals surface area contributed by atoms with Gasteiger partial charge in [-0.2, -0.15) is 5.10 Å². The highest BCUT2D eigenvalue weighted by Crippen LogP contribution is 2.22. The van der Waals surface area contributed by atoms with Gasteiger partial charge in [0.2, 0.25) is 0 Å². The summed E-state index contributed by atoms with van der Waals surface area (Å²) < 4.78 is 8.04. The molecule has 0 aromatic carbocycles. The Morgan fingerprint density at radius 1 is 1.32 bits per heavy atom. The van der Waals surface area contributed by atoms with Crippen LogP contribution in [0.15, 0.2) is 43.2 Å². The third-order valence-electron chi connectivity index (χ3n) is 5.08. The van der Waals surface area contributed by atoms with E-state index in [0.29, 0.717) is 12.3 Å². The van der Waals surface area contributed by atoms with Crippen LogP contribution in [0.3, 0.4) is 0 Å². The Balaban J connectivity index is 0.000000548. The summed E-state index contributed by atoms with van der Waals surface area (Å²) in [4.78, 5) is 21.5. The molecular formula is C22H32N6O3. The number of hydrogen-bond acceptors (Lipinski definition) is 6. The van der Waals surface area contributed by atoms with Crippen molar-refractivity contribution in [2.24, 2.45) is 7.05 Å². The molecule has 1 aliphatic rings. The molecule has 1 aliphatic carbocycles. The van der Waals surface area contributed by atoms with Gasteiger partial charge in [-0.05, 0) is 25.0 Å². The number of aliphatic hydroxyl groups is 1. The smallest absolute Gasteiger partial charge is 0.270 e. The Hall–Kier alpha value is -3.04. The summed E-state index contributed by atoms with van der Waals surface area (Å²) in [5.74, 6) is -0.121. The molecule has 0 spiro atoms. The van der Waals surface area contributed by atoms with Crippen LogP contribution in [0, 0.1) is 0 Å². The predicted octanol–water partition coefficient (Wildman–Crippen LogP) is 2.60. The van der Waals surface area contributed by atoms with E-state index < -0.39 is 0 Å². The van der Waals surface area contributed by atoms with Crippen molar-refractivity contribution in [1.82, 2.24) is 29.6 Å². The van der Waals surface area contributed by atoms with E-state index in [4.69, 9.17) is 5.11 Å². The van der Waals surface area contributed by atoms with Gasteiger partial charge in [-0.1, -0.05) is 19.3 Å². The van der Waals surface area contributed by atoms with E-state index >= 15 is 0 Å². The number of rotatable bonds is 6. The minimum Gasteiger partial charge on any atom is -0.394 e. The summed E-state index contributed by atoms with van der Waals surface area (Å²) in [6, 6.07) is 3.99. The number of carbonyl (C=O) groups is 1. The van der Waals surface area contributed by atoms with Crippen molar-refractivity contribution >= 4 is 5.91 Å². The van der Waals surface area contributed by atoms with Gasteiger partial charge in [-0.15, -0.1) is 0 Å². The van der Waals surface area contributed by atoms with Crippen molar-refractivity contribution in [1.29, 1.82) is 0 Å². The quantitative estimate of drug-likeness (QED) is 0.625. The summed E-state index contributed by atoms with van der Waals surface area (Å²) in [7, 11) is 3.41. The standard InChI is InChI=1S/C19H22N6O.C3H8O2.H2/c1-24-12-14(11-21-24)17-9-16(25-8-7-20-13-25)10-18(23-17)19(26)22-15-5-3-2-4-6-15;1-5-3-2-4;/h7-13,15H,2-6H2,1H3,(H,22,26);4H,2-3H2,1H3;1H. The minimum atomic E-state index is -0.121. The van der Waals surface area contributed by atoms with E-state index in [0.717, 1.165) is 29.8 Å². The number of ether oxygens (including phenoxy) is 1. The lowest BCUT2D eigenvalue weighted by Crippen LogP contribution is -2.36. The molecule has 3 heterocycles. The van der Waals surface area contributed by atoms with Gasteiger partial charge in [0.25, 0.3) is 5.91 Å². The van der Waals surface area contributed by atoms with Gasteiger partial charge in [0.15, 0.2) is 0 Å². The van der Waals surface area contributed by atoms with Crippen molar-refractivity contribution < 1.29 is 16.1 Å². The van der Waals surface area contributed by atoms with Crippen LogP contribution in [-0.4, -0.2) is 61.7 Å². The zero-order valence-electron chi connectivity index (χ0n) is 18.1. The van der Waals surface area contributed by atoms with E-state index in [-0.39, 0.29) is 20.0 Å². The average Bonchev–Trinajstić information content (AvgIpc) is 3.47. The molecule has 0 atom stereocenters. The number of carbonyl (C=O) groups excluding carboxylic acids is 1. The SMILES string of the molecule is COCCO.Cn1cc(-c2cc(-n3ccnc3)cc(C(=O)NC3CCCCC3)n2)cn1.[HH]. The van der Waals surface area contributed by atoms with Crippen molar-refractivity contribution in [2.45, 2.75) is 38.1 Å². The number of hydrogen-bond donors (Lipinski definition) is 2. The first-order valence-corrected chi connectivity index (χ1v) is 10.5.